The molecule has 2 amide bonds. The van der Waals surface area contributed by atoms with Gasteiger partial charge < -0.3 is 14.5 Å². The lowest BCUT2D eigenvalue weighted by Gasteiger charge is -2.37. The molecule has 2 N–H and O–H groups in total. The number of para-hydroxylation sites is 1. The molecule has 0 aromatic heterocycles. The molecule has 2 heterocycles. The lowest BCUT2D eigenvalue weighted by Crippen LogP contribution is -2.50. The van der Waals surface area contributed by atoms with E-state index in [1.165, 1.54) is 5.56 Å². The molecule has 34 heavy (non-hydrogen) atoms. The summed E-state index contributed by atoms with van der Waals surface area (Å²) in [6.07, 6.45) is 1.55. The maximum absolute atomic E-state index is 13.8. The van der Waals surface area contributed by atoms with Gasteiger partial charge in [-0.25, -0.2) is 5.48 Å². The van der Waals surface area contributed by atoms with Crippen LogP contribution in [0.3, 0.4) is 0 Å². The van der Waals surface area contributed by atoms with Crippen LogP contribution in [0.4, 0.5) is 11.4 Å². The standard InChI is InChI=1S/C27H25N3O4/c31-25(28-33)19-10-11-23-22(14-19)29(15-18-6-2-1-3-7-18)16-24(34-23)26(32)30-17-27(12-13-27)20-8-4-5-9-21(20)30/h1-11,14,24,33H,12-13,15-17H2,(H,28,31). The molecule has 1 spiro atoms. The highest BCUT2D eigenvalue weighted by atomic mass is 16.5. The summed E-state index contributed by atoms with van der Waals surface area (Å²) >= 11 is 0. The van der Waals surface area contributed by atoms with E-state index in [0.29, 0.717) is 30.9 Å². The summed E-state index contributed by atoms with van der Waals surface area (Å²) in [5.41, 5.74) is 6.16. The Morgan fingerprint density at radius 1 is 1.00 bits per heavy atom. The highest BCUT2D eigenvalue weighted by Crippen LogP contribution is 2.56. The smallest absolute Gasteiger partial charge is 0.274 e. The van der Waals surface area contributed by atoms with Crippen molar-refractivity contribution >= 4 is 23.2 Å². The summed E-state index contributed by atoms with van der Waals surface area (Å²) in [5, 5.41) is 9.06. The summed E-state index contributed by atoms with van der Waals surface area (Å²) < 4.78 is 6.22. The molecule has 0 radical (unpaired) electrons. The second-order valence-corrected chi connectivity index (χ2v) is 9.32. The molecule has 1 aliphatic carbocycles. The number of fused-ring (bicyclic) bond motifs is 3. The number of amides is 2. The number of nitrogens with one attached hydrogen (secondary N) is 1. The van der Waals surface area contributed by atoms with E-state index < -0.39 is 12.0 Å². The van der Waals surface area contributed by atoms with E-state index in [-0.39, 0.29) is 11.3 Å². The van der Waals surface area contributed by atoms with Gasteiger partial charge in [-0.2, -0.15) is 0 Å². The van der Waals surface area contributed by atoms with Crippen molar-refractivity contribution in [3.8, 4) is 5.75 Å². The van der Waals surface area contributed by atoms with Crippen LogP contribution in [0.25, 0.3) is 0 Å². The zero-order chi connectivity index (χ0) is 23.3. The molecule has 1 atom stereocenters. The number of rotatable bonds is 4. The zero-order valence-corrected chi connectivity index (χ0v) is 18.6. The number of hydrogen-bond acceptors (Lipinski definition) is 5. The molecule has 0 saturated heterocycles. The van der Waals surface area contributed by atoms with Crippen LogP contribution in [0, 0.1) is 0 Å². The number of hydroxylamine groups is 1. The highest BCUT2D eigenvalue weighted by molar-refractivity contribution is 6.01. The largest absolute Gasteiger partial charge is 0.477 e. The van der Waals surface area contributed by atoms with E-state index in [1.807, 2.05) is 53.4 Å². The fraction of sp³-hybridized carbons (Fsp3) is 0.259. The molecular weight excluding hydrogens is 430 g/mol. The minimum absolute atomic E-state index is 0.0443. The lowest BCUT2D eigenvalue weighted by molar-refractivity contribution is -0.125. The van der Waals surface area contributed by atoms with Crippen LogP contribution in [0.15, 0.2) is 72.8 Å². The van der Waals surface area contributed by atoms with Gasteiger partial charge in [0, 0.05) is 29.8 Å². The van der Waals surface area contributed by atoms with E-state index >= 15 is 0 Å². The number of carbonyl (C=O) groups excluding carboxylic acids is 2. The fourth-order valence-corrected chi connectivity index (χ4v) is 5.22. The first-order valence-corrected chi connectivity index (χ1v) is 11.5. The summed E-state index contributed by atoms with van der Waals surface area (Å²) in [4.78, 5) is 29.8. The van der Waals surface area contributed by atoms with Gasteiger partial charge in [-0.3, -0.25) is 14.8 Å². The number of benzene rings is 3. The molecule has 3 aromatic carbocycles. The highest BCUT2D eigenvalue weighted by Gasteiger charge is 2.53. The molecular formula is C27H25N3O4. The normalized spacial score (nSPS) is 19.3. The number of ether oxygens (including phenoxy) is 1. The quantitative estimate of drug-likeness (QED) is 0.464. The number of hydrogen-bond donors (Lipinski definition) is 2. The molecule has 3 aliphatic rings. The number of nitrogens with zero attached hydrogens (tertiary/aromatic N) is 2. The van der Waals surface area contributed by atoms with E-state index in [0.717, 1.165) is 29.8 Å². The van der Waals surface area contributed by atoms with Gasteiger partial charge >= 0.3 is 0 Å². The van der Waals surface area contributed by atoms with E-state index in [2.05, 4.69) is 11.0 Å². The lowest BCUT2D eigenvalue weighted by atomic mass is 9.99. The summed E-state index contributed by atoms with van der Waals surface area (Å²) in [5.74, 6) is -0.0928. The van der Waals surface area contributed by atoms with Crippen LogP contribution in [0.1, 0.15) is 34.3 Å². The summed E-state index contributed by atoms with van der Waals surface area (Å²) in [7, 11) is 0. The van der Waals surface area contributed by atoms with Gasteiger partial charge in [-0.1, -0.05) is 48.5 Å². The Hall–Kier alpha value is -3.84. The van der Waals surface area contributed by atoms with Crippen molar-refractivity contribution in [2.24, 2.45) is 0 Å². The fourth-order valence-electron chi connectivity index (χ4n) is 5.22. The van der Waals surface area contributed by atoms with Gasteiger partial charge in [0.1, 0.15) is 5.75 Å². The Kier molecular flexibility index (Phi) is 4.81. The number of anilines is 2. The molecule has 3 aromatic rings. The Labute approximate surface area is 197 Å². The third-order valence-corrected chi connectivity index (χ3v) is 7.16. The van der Waals surface area contributed by atoms with Crippen molar-refractivity contribution in [2.75, 3.05) is 22.9 Å². The summed E-state index contributed by atoms with van der Waals surface area (Å²) in [6.45, 7) is 1.62. The van der Waals surface area contributed by atoms with Crippen molar-refractivity contribution in [2.45, 2.75) is 30.9 Å². The van der Waals surface area contributed by atoms with Crippen LogP contribution in [-0.4, -0.2) is 36.2 Å². The predicted octanol–water partition coefficient (Wildman–Crippen LogP) is 3.65. The molecule has 1 saturated carbocycles. The first kappa shape index (κ1) is 20.7. The second kappa shape index (κ2) is 7.88. The minimum atomic E-state index is -0.671. The zero-order valence-electron chi connectivity index (χ0n) is 18.6. The van der Waals surface area contributed by atoms with E-state index in [1.54, 1.807) is 23.7 Å². The first-order chi connectivity index (χ1) is 16.6. The molecule has 2 aliphatic heterocycles. The van der Waals surface area contributed by atoms with Crippen LogP contribution < -0.4 is 20.0 Å². The topological polar surface area (TPSA) is 82.1 Å². The van der Waals surface area contributed by atoms with Gasteiger partial charge in [0.05, 0.1) is 12.2 Å². The summed E-state index contributed by atoms with van der Waals surface area (Å²) in [6, 6.07) is 23.1. The minimum Gasteiger partial charge on any atom is -0.477 e. The second-order valence-electron chi connectivity index (χ2n) is 9.32. The van der Waals surface area contributed by atoms with Crippen LogP contribution in [0.2, 0.25) is 0 Å². The Morgan fingerprint density at radius 3 is 2.53 bits per heavy atom. The predicted molar refractivity (Wildman–Crippen MR) is 127 cm³/mol. The van der Waals surface area contributed by atoms with Crippen molar-refractivity contribution in [3.63, 3.8) is 0 Å². The van der Waals surface area contributed by atoms with E-state index in [9.17, 15) is 9.59 Å². The maximum Gasteiger partial charge on any atom is 0.274 e. The monoisotopic (exact) mass is 455 g/mol. The molecule has 1 unspecified atom stereocenters. The maximum atomic E-state index is 13.8. The van der Waals surface area contributed by atoms with E-state index in [4.69, 9.17) is 9.94 Å². The van der Waals surface area contributed by atoms with Crippen LogP contribution in [-0.2, 0) is 16.8 Å². The number of carbonyl (C=O) groups is 2. The molecule has 1 fully saturated rings. The molecule has 7 heteroatoms. The third-order valence-electron chi connectivity index (χ3n) is 7.16. The Balaban J connectivity index is 1.33. The van der Waals surface area contributed by atoms with Gasteiger partial charge in [0.15, 0.2) is 6.10 Å². The van der Waals surface area contributed by atoms with Gasteiger partial charge in [-0.15, -0.1) is 0 Å². The van der Waals surface area contributed by atoms with Gasteiger partial charge in [-0.05, 0) is 48.2 Å². The van der Waals surface area contributed by atoms with Crippen molar-refractivity contribution in [1.29, 1.82) is 0 Å². The van der Waals surface area contributed by atoms with Crippen molar-refractivity contribution < 1.29 is 19.5 Å². The first-order valence-electron chi connectivity index (χ1n) is 11.5. The average molecular weight is 456 g/mol. The van der Waals surface area contributed by atoms with Crippen molar-refractivity contribution in [1.82, 2.24) is 5.48 Å². The molecule has 0 bridgehead atoms. The third kappa shape index (κ3) is 3.40. The van der Waals surface area contributed by atoms with Crippen LogP contribution in [0.5, 0.6) is 5.75 Å². The Bertz CT molecular complexity index is 1270. The van der Waals surface area contributed by atoms with Gasteiger partial charge in [0.25, 0.3) is 11.8 Å². The molecule has 7 nitrogen and oxygen atoms in total. The molecule has 6 rings (SSSR count). The average Bonchev–Trinajstić information content (AvgIpc) is 3.59. The molecule has 172 valence electrons. The Morgan fingerprint density at radius 2 is 1.76 bits per heavy atom. The van der Waals surface area contributed by atoms with Crippen molar-refractivity contribution in [3.05, 3.63) is 89.5 Å². The SMILES string of the molecule is O=C(NO)c1ccc2c(c1)N(Cc1ccccc1)CC(C(=O)N1CC3(CC3)c3ccccc31)O2. The van der Waals surface area contributed by atoms with Gasteiger partial charge in [0.2, 0.25) is 0 Å². The van der Waals surface area contributed by atoms with Crippen LogP contribution >= 0.6 is 0 Å².